The van der Waals surface area contributed by atoms with E-state index in [2.05, 4.69) is 15.3 Å². The molecule has 0 aliphatic carbocycles. The van der Waals surface area contributed by atoms with Crippen molar-refractivity contribution in [1.82, 2.24) is 15.3 Å². The van der Waals surface area contributed by atoms with Crippen molar-refractivity contribution in [1.29, 1.82) is 0 Å². The van der Waals surface area contributed by atoms with Crippen LogP contribution in [0.2, 0.25) is 0 Å². The minimum Gasteiger partial charge on any atom is -0.481 e. The Morgan fingerprint density at radius 3 is 2.86 bits per heavy atom. The Labute approximate surface area is 121 Å². The number of carbonyl (C=O) groups excluding carboxylic acids is 1. The highest BCUT2D eigenvalue weighted by Gasteiger charge is 2.36. The minimum absolute atomic E-state index is 0.0840. The summed E-state index contributed by atoms with van der Waals surface area (Å²) >= 11 is 0. The molecule has 8 nitrogen and oxygen atoms in total. The van der Waals surface area contributed by atoms with Crippen molar-refractivity contribution in [2.24, 2.45) is 0 Å². The maximum Gasteiger partial charge on any atom is 0.303 e. The number of carboxylic acids is 1. The fourth-order valence-corrected chi connectivity index (χ4v) is 2.22. The predicted octanol–water partition coefficient (Wildman–Crippen LogP) is -0.601. The van der Waals surface area contributed by atoms with Crippen molar-refractivity contribution in [2.75, 3.05) is 24.5 Å². The first-order valence-electron chi connectivity index (χ1n) is 6.70. The smallest absolute Gasteiger partial charge is 0.303 e. The zero-order chi connectivity index (χ0) is 15.3. The van der Waals surface area contributed by atoms with Crippen LogP contribution in [0.3, 0.4) is 0 Å². The van der Waals surface area contributed by atoms with Gasteiger partial charge in [0.2, 0.25) is 5.91 Å². The van der Waals surface area contributed by atoms with Gasteiger partial charge in [0.15, 0.2) is 0 Å². The largest absolute Gasteiger partial charge is 0.481 e. The molecule has 21 heavy (non-hydrogen) atoms. The van der Waals surface area contributed by atoms with Crippen LogP contribution in [0.4, 0.5) is 5.82 Å². The van der Waals surface area contributed by atoms with E-state index < -0.39 is 11.6 Å². The van der Waals surface area contributed by atoms with Crippen LogP contribution in [0, 0.1) is 0 Å². The van der Waals surface area contributed by atoms with Gasteiger partial charge in [0.1, 0.15) is 11.4 Å². The highest BCUT2D eigenvalue weighted by atomic mass is 16.4. The fraction of sp³-hybridized carbons (Fsp3) is 0.538. The van der Waals surface area contributed by atoms with Crippen LogP contribution >= 0.6 is 0 Å². The van der Waals surface area contributed by atoms with E-state index in [4.69, 9.17) is 5.11 Å². The van der Waals surface area contributed by atoms with Gasteiger partial charge in [0.05, 0.1) is 12.6 Å². The molecule has 0 aromatic carbocycles. The molecule has 1 fully saturated rings. The van der Waals surface area contributed by atoms with Crippen molar-refractivity contribution < 1.29 is 19.8 Å². The molecule has 2 rings (SSSR count). The summed E-state index contributed by atoms with van der Waals surface area (Å²) in [4.78, 5) is 31.9. The Balaban J connectivity index is 1.81. The van der Waals surface area contributed by atoms with Crippen LogP contribution in [0.25, 0.3) is 0 Å². The third-order valence-corrected chi connectivity index (χ3v) is 3.39. The van der Waals surface area contributed by atoms with Crippen LogP contribution < -0.4 is 10.2 Å². The lowest BCUT2D eigenvalue weighted by atomic mass is 10.0. The van der Waals surface area contributed by atoms with E-state index in [9.17, 15) is 14.7 Å². The number of aliphatic hydroxyl groups is 1. The lowest BCUT2D eigenvalue weighted by Crippen LogP contribution is -2.45. The lowest BCUT2D eigenvalue weighted by Gasteiger charge is -2.24. The van der Waals surface area contributed by atoms with Crippen LogP contribution in [0.5, 0.6) is 0 Å². The summed E-state index contributed by atoms with van der Waals surface area (Å²) in [6.07, 6.45) is 4.99. The van der Waals surface area contributed by atoms with Crippen LogP contribution in [-0.2, 0) is 9.59 Å². The Bertz CT molecular complexity index is 510. The topological polar surface area (TPSA) is 116 Å². The van der Waals surface area contributed by atoms with Crippen molar-refractivity contribution in [3.63, 3.8) is 0 Å². The molecule has 0 radical (unpaired) electrons. The SMILES string of the molecule is O=C(O)CCC(=O)NC[C@@]1(O)CCN(c2cnccn2)C1. The molecular weight excluding hydrogens is 276 g/mol. The highest BCUT2D eigenvalue weighted by molar-refractivity contribution is 5.80. The van der Waals surface area contributed by atoms with Gasteiger partial charge in [0.25, 0.3) is 0 Å². The van der Waals surface area contributed by atoms with Gasteiger partial charge in [-0.25, -0.2) is 4.98 Å². The standard InChI is InChI=1S/C13H18N4O4/c18-11(1-2-12(19)20)16-8-13(21)3-6-17(9-13)10-7-14-4-5-15-10/h4-5,7,21H,1-3,6,8-9H2,(H,16,18)(H,19,20)/t13-/m0/s1. The molecule has 1 saturated heterocycles. The fourth-order valence-electron chi connectivity index (χ4n) is 2.22. The van der Waals surface area contributed by atoms with Crippen LogP contribution in [0.15, 0.2) is 18.6 Å². The van der Waals surface area contributed by atoms with E-state index in [0.29, 0.717) is 25.3 Å². The molecule has 0 bridgehead atoms. The third kappa shape index (κ3) is 4.38. The molecule has 0 spiro atoms. The van der Waals surface area contributed by atoms with Gasteiger partial charge < -0.3 is 20.4 Å². The van der Waals surface area contributed by atoms with E-state index in [1.807, 2.05) is 4.90 Å². The Morgan fingerprint density at radius 1 is 1.38 bits per heavy atom. The minimum atomic E-state index is -1.03. The van der Waals surface area contributed by atoms with Gasteiger partial charge in [-0.05, 0) is 6.42 Å². The van der Waals surface area contributed by atoms with E-state index in [1.165, 1.54) is 0 Å². The van der Waals surface area contributed by atoms with Crippen molar-refractivity contribution in [3.8, 4) is 0 Å². The molecule has 1 aromatic rings. The number of hydrogen-bond acceptors (Lipinski definition) is 6. The Morgan fingerprint density at radius 2 is 2.19 bits per heavy atom. The van der Waals surface area contributed by atoms with E-state index in [-0.39, 0.29) is 25.3 Å². The number of aliphatic carboxylic acids is 1. The number of carboxylic acid groups (broad SMARTS) is 1. The number of hydrogen-bond donors (Lipinski definition) is 3. The molecule has 114 valence electrons. The summed E-state index contributed by atoms with van der Waals surface area (Å²) in [6, 6.07) is 0. The van der Waals surface area contributed by atoms with Gasteiger partial charge >= 0.3 is 5.97 Å². The van der Waals surface area contributed by atoms with Crippen LogP contribution in [0.1, 0.15) is 19.3 Å². The predicted molar refractivity (Wildman–Crippen MR) is 73.7 cm³/mol. The molecule has 1 amide bonds. The highest BCUT2D eigenvalue weighted by Crippen LogP contribution is 2.24. The first-order chi connectivity index (χ1) is 9.98. The molecule has 1 atom stereocenters. The van der Waals surface area contributed by atoms with E-state index in [1.54, 1.807) is 18.6 Å². The van der Waals surface area contributed by atoms with Gasteiger partial charge in [-0.15, -0.1) is 0 Å². The number of aromatic nitrogens is 2. The molecule has 1 aliphatic heterocycles. The van der Waals surface area contributed by atoms with Gasteiger partial charge in [-0.1, -0.05) is 0 Å². The number of anilines is 1. The number of rotatable bonds is 6. The summed E-state index contributed by atoms with van der Waals surface area (Å²) in [5, 5.41) is 21.5. The second-order valence-electron chi connectivity index (χ2n) is 5.13. The quantitative estimate of drug-likeness (QED) is 0.641. The first kappa shape index (κ1) is 15.2. The zero-order valence-electron chi connectivity index (χ0n) is 11.5. The molecule has 2 heterocycles. The summed E-state index contributed by atoms with van der Waals surface area (Å²) in [5.41, 5.74) is -1.03. The Hall–Kier alpha value is -2.22. The monoisotopic (exact) mass is 294 g/mol. The van der Waals surface area contributed by atoms with Crippen LogP contribution in [-0.4, -0.2) is 57.3 Å². The van der Waals surface area contributed by atoms with Gasteiger partial charge in [-0.3, -0.25) is 14.6 Å². The number of β-amino-alcohol motifs (C(OH)–C–C–N with tert-alkyl or cyclic N) is 1. The van der Waals surface area contributed by atoms with Gasteiger partial charge in [0, 0.05) is 38.4 Å². The zero-order valence-corrected chi connectivity index (χ0v) is 11.5. The summed E-state index contributed by atoms with van der Waals surface area (Å²) in [6.45, 7) is 1.08. The third-order valence-electron chi connectivity index (χ3n) is 3.39. The molecule has 0 saturated carbocycles. The molecule has 3 N–H and O–H groups in total. The second kappa shape index (κ2) is 6.49. The summed E-state index contributed by atoms with van der Waals surface area (Å²) in [7, 11) is 0. The van der Waals surface area contributed by atoms with Crippen molar-refractivity contribution in [2.45, 2.75) is 24.9 Å². The molecular formula is C13H18N4O4. The number of nitrogens with one attached hydrogen (secondary N) is 1. The molecule has 1 aliphatic rings. The molecule has 1 aromatic heterocycles. The molecule has 0 unspecified atom stereocenters. The first-order valence-corrected chi connectivity index (χ1v) is 6.70. The maximum atomic E-state index is 11.5. The number of nitrogens with zero attached hydrogens (tertiary/aromatic N) is 3. The summed E-state index contributed by atoms with van der Waals surface area (Å²) in [5.74, 6) is -0.701. The second-order valence-corrected chi connectivity index (χ2v) is 5.13. The molecule has 8 heteroatoms. The van der Waals surface area contributed by atoms with E-state index >= 15 is 0 Å². The normalized spacial score (nSPS) is 21.3. The Kier molecular flexibility index (Phi) is 4.69. The maximum absolute atomic E-state index is 11.5. The van der Waals surface area contributed by atoms with Crippen molar-refractivity contribution in [3.05, 3.63) is 18.6 Å². The average Bonchev–Trinajstić information content (AvgIpc) is 2.87. The van der Waals surface area contributed by atoms with Gasteiger partial charge in [-0.2, -0.15) is 0 Å². The van der Waals surface area contributed by atoms with E-state index in [0.717, 1.165) is 0 Å². The summed E-state index contributed by atoms with van der Waals surface area (Å²) < 4.78 is 0. The number of carbonyl (C=O) groups is 2. The van der Waals surface area contributed by atoms with Crippen molar-refractivity contribution >= 4 is 17.7 Å². The number of amides is 1. The lowest BCUT2D eigenvalue weighted by molar-refractivity contribution is -0.138. The average molecular weight is 294 g/mol.